The molecule has 7 atom stereocenters. The highest BCUT2D eigenvalue weighted by Crippen LogP contribution is 2.65. The molecule has 4 saturated carbocycles. The molecule has 1 saturated heterocycles. The molecule has 1 aliphatic heterocycles. The van der Waals surface area contributed by atoms with Crippen LogP contribution in [0, 0.1) is 34.5 Å². The van der Waals surface area contributed by atoms with Crippen LogP contribution >= 0.6 is 0 Å². The van der Waals surface area contributed by atoms with Gasteiger partial charge in [0, 0.05) is 24.8 Å². The van der Waals surface area contributed by atoms with Crippen LogP contribution in [0.15, 0.2) is 5.16 Å². The molecular formula is C23H36N2O2. The van der Waals surface area contributed by atoms with Gasteiger partial charge in [0.15, 0.2) is 0 Å². The summed E-state index contributed by atoms with van der Waals surface area (Å²) in [7, 11) is 0. The van der Waals surface area contributed by atoms with Crippen LogP contribution in [0.1, 0.15) is 78.1 Å². The molecule has 0 aromatic rings. The topological polar surface area (TPSA) is 50.7 Å². The monoisotopic (exact) mass is 372 g/mol. The zero-order valence-corrected chi connectivity index (χ0v) is 17.1. The molecule has 0 aromatic heterocycles. The van der Waals surface area contributed by atoms with Crippen molar-refractivity contribution in [2.24, 2.45) is 39.7 Å². The normalized spacial score (nSPS) is 51.0. The number of Topliss-reactive ketones (excluding diaryl/α,β-unsaturated/α-hetero) is 1. The van der Waals surface area contributed by atoms with E-state index in [-0.39, 0.29) is 11.5 Å². The molecular weight excluding hydrogens is 336 g/mol. The zero-order valence-electron chi connectivity index (χ0n) is 17.1. The van der Waals surface area contributed by atoms with Gasteiger partial charge in [-0.1, -0.05) is 19.0 Å². The van der Waals surface area contributed by atoms with Gasteiger partial charge in [-0.25, -0.2) is 0 Å². The van der Waals surface area contributed by atoms with E-state index in [1.165, 1.54) is 31.4 Å². The Morgan fingerprint density at radius 2 is 1.93 bits per heavy atom. The first-order chi connectivity index (χ1) is 13.0. The van der Waals surface area contributed by atoms with Crippen LogP contribution in [0.2, 0.25) is 0 Å². The molecule has 1 heterocycles. The lowest BCUT2D eigenvalue weighted by molar-refractivity contribution is -0.137. The van der Waals surface area contributed by atoms with E-state index in [0.29, 0.717) is 17.1 Å². The van der Waals surface area contributed by atoms with E-state index in [0.717, 1.165) is 69.4 Å². The van der Waals surface area contributed by atoms with E-state index in [2.05, 4.69) is 24.3 Å². The van der Waals surface area contributed by atoms with Crippen LogP contribution in [-0.2, 0) is 9.63 Å². The van der Waals surface area contributed by atoms with E-state index in [1.54, 1.807) is 0 Å². The fourth-order valence-electron chi connectivity index (χ4n) is 7.78. The Morgan fingerprint density at radius 3 is 2.74 bits per heavy atom. The molecule has 0 spiro atoms. The first-order valence-corrected chi connectivity index (χ1v) is 11.5. The number of fused-ring (bicyclic) bond motifs is 5. The van der Waals surface area contributed by atoms with Crippen LogP contribution < -0.4 is 5.32 Å². The summed E-state index contributed by atoms with van der Waals surface area (Å²) in [5.74, 6) is 3.60. The van der Waals surface area contributed by atoms with Crippen LogP contribution in [0.25, 0.3) is 0 Å². The highest BCUT2D eigenvalue weighted by molar-refractivity contribution is 5.87. The number of ketones is 1. The largest absolute Gasteiger partial charge is 0.391 e. The number of hydrogen-bond acceptors (Lipinski definition) is 4. The molecule has 150 valence electrons. The van der Waals surface area contributed by atoms with Crippen molar-refractivity contribution < 1.29 is 9.63 Å². The molecule has 0 bridgehead atoms. The number of carbonyl (C=O) groups excluding carboxylic acids is 1. The van der Waals surface area contributed by atoms with Gasteiger partial charge in [-0.05, 0) is 87.0 Å². The van der Waals surface area contributed by atoms with Crippen molar-refractivity contribution in [3.05, 3.63) is 0 Å². The molecule has 27 heavy (non-hydrogen) atoms. The summed E-state index contributed by atoms with van der Waals surface area (Å²) in [5, 5.41) is 7.95. The summed E-state index contributed by atoms with van der Waals surface area (Å²) in [6, 6.07) is 0. The maximum absolute atomic E-state index is 12.6. The highest BCUT2D eigenvalue weighted by Gasteiger charge is 2.60. The molecule has 0 amide bonds. The Labute approximate surface area is 163 Å². The summed E-state index contributed by atoms with van der Waals surface area (Å²) in [4.78, 5) is 18.4. The number of nitrogens with zero attached hydrogens (tertiary/aromatic N) is 1. The second kappa shape index (κ2) is 6.57. The van der Waals surface area contributed by atoms with E-state index in [4.69, 9.17) is 4.84 Å². The fraction of sp³-hybridized carbons (Fsp3) is 0.913. The van der Waals surface area contributed by atoms with Crippen LogP contribution in [-0.4, -0.2) is 30.7 Å². The number of hydrogen-bond donors (Lipinski definition) is 1. The SMILES string of the molecule is C[C@]12CC/C(=N\OC3CCNC3)CC1CCC1C2CC[C@]2(C)C(=O)CCC12. The Bertz CT molecular complexity index is 640. The fourth-order valence-corrected chi connectivity index (χ4v) is 7.78. The molecule has 4 heteroatoms. The number of rotatable bonds is 2. The maximum atomic E-state index is 12.6. The molecule has 0 aromatic carbocycles. The van der Waals surface area contributed by atoms with Crippen LogP contribution in [0.4, 0.5) is 0 Å². The standard InChI is InChI=1S/C23H36N2O2/c1-22-10-7-16(25-27-17-9-12-24-14-17)13-15(22)3-4-18-19-5-6-21(26)23(19,2)11-8-20(18)22/h15,17-20,24H,3-14H2,1-2H3/b25-16+/t15?,17?,18?,19?,20?,22-,23-/m0/s1. The summed E-state index contributed by atoms with van der Waals surface area (Å²) < 4.78 is 0. The van der Waals surface area contributed by atoms with Crippen molar-refractivity contribution in [3.8, 4) is 0 Å². The molecule has 5 aliphatic rings. The lowest BCUT2D eigenvalue weighted by atomic mass is 9.45. The second-order valence-corrected chi connectivity index (χ2v) is 10.7. The Hall–Kier alpha value is -0.900. The average molecular weight is 373 g/mol. The predicted molar refractivity (Wildman–Crippen MR) is 107 cm³/mol. The van der Waals surface area contributed by atoms with Gasteiger partial charge in [-0.2, -0.15) is 0 Å². The van der Waals surface area contributed by atoms with Gasteiger partial charge in [0.2, 0.25) is 0 Å². The first kappa shape index (κ1) is 18.1. The van der Waals surface area contributed by atoms with Gasteiger partial charge in [0.1, 0.15) is 11.9 Å². The number of carbonyl (C=O) groups is 1. The average Bonchev–Trinajstić information content (AvgIpc) is 3.28. The Morgan fingerprint density at radius 1 is 1.04 bits per heavy atom. The quantitative estimate of drug-likeness (QED) is 0.734. The molecule has 5 unspecified atom stereocenters. The molecule has 5 rings (SSSR count). The lowest BCUT2D eigenvalue weighted by Gasteiger charge is -2.59. The first-order valence-electron chi connectivity index (χ1n) is 11.5. The smallest absolute Gasteiger partial charge is 0.141 e. The van der Waals surface area contributed by atoms with Gasteiger partial charge in [-0.15, -0.1) is 0 Å². The minimum atomic E-state index is 0.00874. The minimum Gasteiger partial charge on any atom is -0.391 e. The molecule has 0 radical (unpaired) electrons. The highest BCUT2D eigenvalue weighted by atomic mass is 16.6. The van der Waals surface area contributed by atoms with Gasteiger partial charge in [-0.3, -0.25) is 4.79 Å². The van der Waals surface area contributed by atoms with E-state index >= 15 is 0 Å². The lowest BCUT2D eigenvalue weighted by Crippen LogP contribution is -2.53. The van der Waals surface area contributed by atoms with E-state index < -0.39 is 0 Å². The molecule has 1 N–H and O–H groups in total. The van der Waals surface area contributed by atoms with Gasteiger partial charge in [0.25, 0.3) is 0 Å². The second-order valence-electron chi connectivity index (χ2n) is 10.7. The number of oxime groups is 1. The third kappa shape index (κ3) is 2.81. The van der Waals surface area contributed by atoms with Crippen molar-refractivity contribution in [2.75, 3.05) is 13.1 Å². The summed E-state index contributed by atoms with van der Waals surface area (Å²) in [5.41, 5.74) is 1.76. The minimum absolute atomic E-state index is 0.00874. The third-order valence-corrected chi connectivity index (χ3v) is 9.55. The van der Waals surface area contributed by atoms with Crippen molar-refractivity contribution in [1.29, 1.82) is 0 Å². The van der Waals surface area contributed by atoms with Crippen molar-refractivity contribution in [1.82, 2.24) is 5.32 Å². The van der Waals surface area contributed by atoms with Gasteiger partial charge in [0.05, 0.1) is 5.71 Å². The third-order valence-electron chi connectivity index (χ3n) is 9.55. The zero-order chi connectivity index (χ0) is 18.6. The Balaban J connectivity index is 1.30. The summed E-state index contributed by atoms with van der Waals surface area (Å²) >= 11 is 0. The van der Waals surface area contributed by atoms with Gasteiger partial charge < -0.3 is 10.2 Å². The molecule has 5 fully saturated rings. The predicted octanol–water partition coefficient (Wildman–Crippen LogP) is 4.33. The van der Waals surface area contributed by atoms with Crippen molar-refractivity contribution >= 4 is 11.5 Å². The van der Waals surface area contributed by atoms with E-state index in [9.17, 15) is 4.79 Å². The maximum Gasteiger partial charge on any atom is 0.141 e. The Kier molecular flexibility index (Phi) is 4.42. The van der Waals surface area contributed by atoms with Crippen molar-refractivity contribution in [3.63, 3.8) is 0 Å². The van der Waals surface area contributed by atoms with Crippen LogP contribution in [0.3, 0.4) is 0 Å². The molecule has 4 nitrogen and oxygen atoms in total. The number of nitrogens with one attached hydrogen (secondary N) is 1. The molecule has 4 aliphatic carbocycles. The van der Waals surface area contributed by atoms with E-state index in [1.807, 2.05) is 0 Å². The van der Waals surface area contributed by atoms with Crippen LogP contribution in [0.5, 0.6) is 0 Å². The summed E-state index contributed by atoms with van der Waals surface area (Å²) in [6.45, 7) is 6.87. The summed E-state index contributed by atoms with van der Waals surface area (Å²) in [6.07, 6.45) is 11.9. The van der Waals surface area contributed by atoms with Crippen molar-refractivity contribution in [2.45, 2.75) is 84.2 Å². The van der Waals surface area contributed by atoms with Gasteiger partial charge >= 0.3 is 0 Å².